The molecule has 0 aliphatic heterocycles. The fraction of sp³-hybridized carbons (Fsp3) is 0.0556. The second-order valence-corrected chi connectivity index (χ2v) is 6.65. The first-order valence-corrected chi connectivity index (χ1v) is 8.80. The number of amides is 1. The topological polar surface area (TPSA) is 123 Å². The van der Waals surface area contributed by atoms with E-state index in [4.69, 9.17) is 0 Å². The van der Waals surface area contributed by atoms with Gasteiger partial charge in [0.2, 0.25) is 5.69 Å². The molecule has 0 aliphatic carbocycles. The molecule has 0 saturated heterocycles. The molecule has 0 fully saturated rings. The van der Waals surface area contributed by atoms with E-state index >= 15 is 0 Å². The predicted molar refractivity (Wildman–Crippen MR) is 105 cm³/mol. The fourth-order valence-electron chi connectivity index (χ4n) is 2.39. The van der Waals surface area contributed by atoms with Gasteiger partial charge in [0, 0.05) is 4.47 Å². The lowest BCUT2D eigenvalue weighted by atomic mass is 10.2. The maximum Gasteiger partial charge on any atom is 0.320 e. The van der Waals surface area contributed by atoms with E-state index in [2.05, 4.69) is 31.6 Å². The van der Waals surface area contributed by atoms with E-state index in [1.54, 1.807) is 12.1 Å². The first kappa shape index (κ1) is 19.2. The van der Waals surface area contributed by atoms with E-state index in [9.17, 15) is 20.0 Å². The van der Waals surface area contributed by atoms with Crippen molar-refractivity contribution in [3.63, 3.8) is 0 Å². The maximum absolute atomic E-state index is 12.3. The van der Waals surface area contributed by atoms with Crippen molar-refractivity contribution in [3.8, 4) is 5.75 Å². The van der Waals surface area contributed by atoms with Gasteiger partial charge in [-0.1, -0.05) is 28.1 Å². The number of nitrogens with zero attached hydrogens (tertiary/aromatic N) is 4. The standard InChI is InChI=1S/C18H14BrN5O4/c19-14-3-1-2-13(8-14)10-23-11-16(24(27)28)17(22-23)18(26)21-20-9-12-4-6-15(25)7-5-12/h1-9,11,25H,10H2,(H,21,26)/b20-9-. The number of phenols is 1. The summed E-state index contributed by atoms with van der Waals surface area (Å²) in [6, 6.07) is 13.5. The Labute approximate surface area is 167 Å². The molecule has 1 amide bonds. The summed E-state index contributed by atoms with van der Waals surface area (Å²) in [4.78, 5) is 22.9. The van der Waals surface area contributed by atoms with Gasteiger partial charge in [0.15, 0.2) is 0 Å². The second-order valence-electron chi connectivity index (χ2n) is 5.74. The van der Waals surface area contributed by atoms with Crippen LogP contribution in [-0.2, 0) is 6.54 Å². The molecule has 0 radical (unpaired) electrons. The highest BCUT2D eigenvalue weighted by Crippen LogP contribution is 2.19. The Balaban J connectivity index is 1.76. The largest absolute Gasteiger partial charge is 0.508 e. The van der Waals surface area contributed by atoms with Gasteiger partial charge in [-0.15, -0.1) is 0 Å². The number of hydrogen-bond donors (Lipinski definition) is 2. The Kier molecular flexibility index (Phi) is 5.80. The number of hydrogen-bond acceptors (Lipinski definition) is 6. The highest BCUT2D eigenvalue weighted by molar-refractivity contribution is 9.10. The Bertz CT molecular complexity index is 1050. The number of benzene rings is 2. The van der Waals surface area contributed by atoms with Gasteiger partial charge in [-0.25, -0.2) is 5.43 Å². The van der Waals surface area contributed by atoms with Gasteiger partial charge in [0.25, 0.3) is 5.91 Å². The summed E-state index contributed by atoms with van der Waals surface area (Å²) in [6.07, 6.45) is 2.56. The van der Waals surface area contributed by atoms with Gasteiger partial charge in [0.05, 0.1) is 17.7 Å². The van der Waals surface area contributed by atoms with Crippen LogP contribution in [0.15, 0.2) is 64.3 Å². The molecule has 0 aliphatic rings. The molecule has 0 unspecified atom stereocenters. The third kappa shape index (κ3) is 4.80. The molecule has 10 heteroatoms. The van der Waals surface area contributed by atoms with Crippen LogP contribution in [0.4, 0.5) is 5.69 Å². The van der Waals surface area contributed by atoms with Crippen LogP contribution in [0.5, 0.6) is 5.75 Å². The van der Waals surface area contributed by atoms with Crippen molar-refractivity contribution >= 4 is 33.7 Å². The number of hydrazone groups is 1. The number of aromatic nitrogens is 2. The first-order valence-electron chi connectivity index (χ1n) is 8.01. The van der Waals surface area contributed by atoms with E-state index in [1.165, 1.54) is 29.2 Å². The van der Waals surface area contributed by atoms with Crippen LogP contribution in [0, 0.1) is 10.1 Å². The summed E-state index contributed by atoms with van der Waals surface area (Å²) in [5.41, 5.74) is 2.98. The zero-order valence-corrected chi connectivity index (χ0v) is 15.9. The zero-order chi connectivity index (χ0) is 20.1. The minimum absolute atomic E-state index is 0.104. The van der Waals surface area contributed by atoms with Crippen LogP contribution < -0.4 is 5.43 Å². The first-order chi connectivity index (χ1) is 13.4. The third-order valence-electron chi connectivity index (χ3n) is 3.66. The van der Waals surface area contributed by atoms with Crippen LogP contribution in [0.2, 0.25) is 0 Å². The monoisotopic (exact) mass is 443 g/mol. The van der Waals surface area contributed by atoms with E-state index in [-0.39, 0.29) is 18.0 Å². The SMILES string of the molecule is O=C(N/N=C\c1ccc(O)cc1)c1nn(Cc2cccc(Br)c2)cc1[N+](=O)[O-]. The Morgan fingerprint density at radius 2 is 2.07 bits per heavy atom. The average molecular weight is 444 g/mol. The molecule has 0 bridgehead atoms. The van der Waals surface area contributed by atoms with Crippen molar-refractivity contribution < 1.29 is 14.8 Å². The molecule has 28 heavy (non-hydrogen) atoms. The number of nitro groups is 1. The fourth-order valence-corrected chi connectivity index (χ4v) is 2.83. The number of carbonyl (C=O) groups excluding carboxylic acids is 1. The van der Waals surface area contributed by atoms with Gasteiger partial charge in [0.1, 0.15) is 11.9 Å². The Hall–Kier alpha value is -3.53. The molecule has 0 spiro atoms. The van der Waals surface area contributed by atoms with Crippen LogP contribution in [0.25, 0.3) is 0 Å². The highest BCUT2D eigenvalue weighted by atomic mass is 79.9. The van der Waals surface area contributed by atoms with E-state index in [0.717, 1.165) is 10.0 Å². The van der Waals surface area contributed by atoms with Crippen LogP contribution in [-0.4, -0.2) is 31.9 Å². The summed E-state index contributed by atoms with van der Waals surface area (Å²) in [5, 5.41) is 28.3. The van der Waals surface area contributed by atoms with Crippen molar-refractivity contribution in [1.29, 1.82) is 0 Å². The predicted octanol–water partition coefficient (Wildman–Crippen LogP) is 3.07. The maximum atomic E-state index is 12.3. The normalized spacial score (nSPS) is 10.9. The summed E-state index contributed by atoms with van der Waals surface area (Å²) in [6.45, 7) is 0.268. The Morgan fingerprint density at radius 1 is 1.32 bits per heavy atom. The van der Waals surface area contributed by atoms with Gasteiger partial charge in [-0.2, -0.15) is 10.2 Å². The third-order valence-corrected chi connectivity index (χ3v) is 4.15. The summed E-state index contributed by atoms with van der Waals surface area (Å²) in [5.74, 6) is -0.692. The molecule has 3 rings (SSSR count). The Morgan fingerprint density at radius 3 is 2.75 bits per heavy atom. The van der Waals surface area contributed by atoms with Crippen LogP contribution >= 0.6 is 15.9 Å². The molecule has 3 aromatic rings. The minimum atomic E-state index is -0.797. The number of halogens is 1. The molecule has 142 valence electrons. The molecule has 0 atom stereocenters. The van der Waals surface area contributed by atoms with Crippen LogP contribution in [0.3, 0.4) is 0 Å². The van der Waals surface area contributed by atoms with Gasteiger partial charge in [-0.05, 0) is 47.5 Å². The number of rotatable bonds is 6. The van der Waals surface area contributed by atoms with Gasteiger partial charge >= 0.3 is 5.69 Å². The van der Waals surface area contributed by atoms with E-state index in [1.807, 2.05) is 24.3 Å². The quantitative estimate of drug-likeness (QED) is 0.344. The molecule has 1 heterocycles. The van der Waals surface area contributed by atoms with Crippen molar-refractivity contribution in [3.05, 3.63) is 86.1 Å². The minimum Gasteiger partial charge on any atom is -0.508 e. The molecule has 1 aromatic heterocycles. The lowest BCUT2D eigenvalue weighted by Gasteiger charge is -2.01. The number of carbonyl (C=O) groups is 1. The van der Waals surface area contributed by atoms with Crippen molar-refractivity contribution in [2.45, 2.75) is 6.54 Å². The van der Waals surface area contributed by atoms with E-state index < -0.39 is 16.5 Å². The number of nitrogens with one attached hydrogen (secondary N) is 1. The average Bonchev–Trinajstić information content (AvgIpc) is 3.07. The summed E-state index contributed by atoms with van der Waals surface area (Å²) in [7, 11) is 0. The molecule has 0 saturated carbocycles. The lowest BCUT2D eigenvalue weighted by molar-refractivity contribution is -0.385. The van der Waals surface area contributed by atoms with Gasteiger partial charge in [-0.3, -0.25) is 19.6 Å². The van der Waals surface area contributed by atoms with Crippen molar-refractivity contribution in [2.75, 3.05) is 0 Å². The van der Waals surface area contributed by atoms with Crippen molar-refractivity contribution in [2.24, 2.45) is 5.10 Å². The number of aromatic hydroxyl groups is 1. The molecule has 2 aromatic carbocycles. The van der Waals surface area contributed by atoms with Crippen molar-refractivity contribution in [1.82, 2.24) is 15.2 Å². The van der Waals surface area contributed by atoms with Gasteiger partial charge < -0.3 is 5.11 Å². The second kappa shape index (κ2) is 8.44. The highest BCUT2D eigenvalue weighted by Gasteiger charge is 2.25. The van der Waals surface area contributed by atoms with E-state index in [0.29, 0.717) is 5.56 Å². The molecular weight excluding hydrogens is 430 g/mol. The molecule has 9 nitrogen and oxygen atoms in total. The molecular formula is C18H14BrN5O4. The molecule has 2 N–H and O–H groups in total. The number of phenolic OH excluding ortho intramolecular Hbond substituents is 1. The summed E-state index contributed by atoms with van der Waals surface area (Å²) < 4.78 is 2.20. The lowest BCUT2D eigenvalue weighted by Crippen LogP contribution is -2.19. The summed E-state index contributed by atoms with van der Waals surface area (Å²) >= 11 is 3.36. The zero-order valence-electron chi connectivity index (χ0n) is 14.3. The van der Waals surface area contributed by atoms with Crippen LogP contribution in [0.1, 0.15) is 21.6 Å². The smallest absolute Gasteiger partial charge is 0.320 e.